The quantitative estimate of drug-likeness (QED) is 0.161. The van der Waals surface area contributed by atoms with Gasteiger partial charge in [0.2, 0.25) is 0 Å². The van der Waals surface area contributed by atoms with Gasteiger partial charge in [-0.15, -0.1) is 0 Å². The Morgan fingerprint density at radius 3 is 1.26 bits per heavy atom. The predicted molar refractivity (Wildman–Crippen MR) is 234 cm³/mol. The maximum atomic E-state index is 14.4. The average molecular weight is 935 g/mol. The molecular weight excluding hydrogens is 909 g/mol. The van der Waals surface area contributed by atoms with Gasteiger partial charge >= 0.3 is 24.7 Å². The third-order valence-electron chi connectivity index (χ3n) is 11.9. The number of aromatic nitrogens is 3. The lowest BCUT2D eigenvalue weighted by Gasteiger charge is -2.20. The molecule has 0 amide bonds. The van der Waals surface area contributed by atoms with Gasteiger partial charge in [-0.25, -0.2) is 0 Å². The fourth-order valence-electron chi connectivity index (χ4n) is 9.03. The molecule has 10 rings (SSSR count). The van der Waals surface area contributed by atoms with Crippen LogP contribution in [0, 0.1) is 11.3 Å². The summed E-state index contributed by atoms with van der Waals surface area (Å²) in [4.78, 5) is 4.68. The topological polar surface area (TPSA) is 46.5 Å². The van der Waals surface area contributed by atoms with Gasteiger partial charge in [-0.05, 0) is 101 Å². The van der Waals surface area contributed by atoms with Crippen LogP contribution in [0.25, 0.3) is 88.4 Å². The highest BCUT2D eigenvalue weighted by Gasteiger charge is 2.40. The standard InChI is InChI=1S/C52H26F12N4/c53-49(54,55)32-14-16-34(40(23-32)51(59,60)61)29-12-18-44-38(21-29)36-8-1-3-10-42(36)67(44)46-26-66-27-47(48(46)31-7-5-6-28(20-31)25-65)68-43-11-4-2-9-37(43)39-22-30(13-19-45(39)68)35-17-15-33(50(56,57)58)24-41(35)52(62,63)64/h1-24,26-27H. The van der Waals surface area contributed by atoms with Crippen molar-refractivity contribution in [1.29, 1.82) is 5.26 Å². The molecule has 0 fully saturated rings. The summed E-state index contributed by atoms with van der Waals surface area (Å²) >= 11 is 0. The Bertz CT molecular complexity index is 3500. The van der Waals surface area contributed by atoms with E-state index >= 15 is 0 Å². The van der Waals surface area contributed by atoms with E-state index in [0.29, 0.717) is 78.2 Å². The third-order valence-corrected chi connectivity index (χ3v) is 11.9. The van der Waals surface area contributed by atoms with E-state index in [1.54, 1.807) is 97.3 Å². The summed E-state index contributed by atoms with van der Waals surface area (Å²) < 4.78 is 172. The van der Waals surface area contributed by atoms with Crippen LogP contribution >= 0.6 is 0 Å². The lowest BCUT2D eigenvalue weighted by atomic mass is 9.95. The van der Waals surface area contributed by atoms with Crippen molar-refractivity contribution in [1.82, 2.24) is 14.1 Å². The first kappa shape index (κ1) is 43.8. The summed E-state index contributed by atoms with van der Waals surface area (Å²) in [6.07, 6.45) is -17.2. The highest BCUT2D eigenvalue weighted by molar-refractivity contribution is 6.13. The second-order valence-electron chi connectivity index (χ2n) is 15.9. The zero-order valence-corrected chi connectivity index (χ0v) is 34.3. The Labute approximate surface area is 376 Å². The minimum atomic E-state index is -5.14. The minimum absolute atomic E-state index is 0.00132. The van der Waals surface area contributed by atoms with Gasteiger partial charge in [0.15, 0.2) is 0 Å². The Morgan fingerprint density at radius 2 is 0.838 bits per heavy atom. The van der Waals surface area contributed by atoms with Crippen LogP contribution in [0.5, 0.6) is 0 Å². The van der Waals surface area contributed by atoms with E-state index in [1.165, 1.54) is 24.3 Å². The van der Waals surface area contributed by atoms with E-state index in [-0.39, 0.29) is 28.8 Å². The lowest BCUT2D eigenvalue weighted by Crippen LogP contribution is -2.12. The molecule has 4 nitrogen and oxygen atoms in total. The normalized spacial score (nSPS) is 12.7. The summed E-state index contributed by atoms with van der Waals surface area (Å²) in [5, 5.41) is 12.1. The molecule has 0 saturated carbocycles. The van der Waals surface area contributed by atoms with Crippen molar-refractivity contribution in [3.8, 4) is 50.8 Å². The van der Waals surface area contributed by atoms with Gasteiger partial charge < -0.3 is 9.13 Å². The first-order valence-corrected chi connectivity index (χ1v) is 20.4. The maximum absolute atomic E-state index is 14.4. The molecule has 0 bridgehead atoms. The minimum Gasteiger partial charge on any atom is -0.307 e. The van der Waals surface area contributed by atoms with Crippen LogP contribution in [0.15, 0.2) is 158 Å². The number of rotatable bonds is 5. The molecule has 68 heavy (non-hydrogen) atoms. The van der Waals surface area contributed by atoms with E-state index in [2.05, 4.69) is 11.1 Å². The maximum Gasteiger partial charge on any atom is 0.417 e. The SMILES string of the molecule is N#Cc1cccc(-c2c(-n3c4ccccc4c4cc(-c5ccc(C(F)(F)F)cc5C(F)(F)F)ccc43)cncc2-n2c3ccccc3c3cc(-c4ccc(C(F)(F)F)cc4C(F)(F)F)ccc32)c1. The molecule has 0 aliphatic carbocycles. The molecule has 7 aromatic carbocycles. The molecule has 10 aromatic rings. The zero-order valence-electron chi connectivity index (χ0n) is 34.3. The van der Waals surface area contributed by atoms with E-state index in [0.717, 1.165) is 12.1 Å². The van der Waals surface area contributed by atoms with Crippen molar-refractivity contribution in [3.05, 3.63) is 186 Å². The number of fused-ring (bicyclic) bond motifs is 6. The number of para-hydroxylation sites is 2. The van der Waals surface area contributed by atoms with E-state index in [4.69, 9.17) is 0 Å². The number of hydrogen-bond donors (Lipinski definition) is 0. The first-order chi connectivity index (χ1) is 32.2. The van der Waals surface area contributed by atoms with Gasteiger partial charge in [0.25, 0.3) is 0 Å². The van der Waals surface area contributed by atoms with Gasteiger partial charge in [-0.1, -0.05) is 72.8 Å². The largest absolute Gasteiger partial charge is 0.417 e. The fraction of sp³-hybridized carbons (Fsp3) is 0.0769. The Morgan fingerprint density at radius 1 is 0.397 bits per heavy atom. The fourth-order valence-corrected chi connectivity index (χ4v) is 9.03. The molecule has 338 valence electrons. The van der Waals surface area contributed by atoms with Crippen LogP contribution in [-0.4, -0.2) is 14.1 Å². The van der Waals surface area contributed by atoms with E-state index in [1.807, 2.05) is 9.13 Å². The van der Waals surface area contributed by atoms with Crippen molar-refractivity contribution in [2.45, 2.75) is 24.7 Å². The van der Waals surface area contributed by atoms with E-state index in [9.17, 15) is 57.9 Å². The molecule has 0 radical (unpaired) electrons. The summed E-state index contributed by atoms with van der Waals surface area (Å²) in [6.45, 7) is 0. The molecule has 3 heterocycles. The Kier molecular flexibility index (Phi) is 9.99. The van der Waals surface area contributed by atoms with Crippen LogP contribution in [-0.2, 0) is 24.7 Å². The molecule has 0 spiro atoms. The van der Waals surface area contributed by atoms with Crippen LogP contribution < -0.4 is 0 Å². The van der Waals surface area contributed by atoms with Crippen LogP contribution in [0.1, 0.15) is 27.8 Å². The molecule has 0 N–H and O–H groups in total. The Hall–Kier alpha value is -8.06. The highest BCUT2D eigenvalue weighted by Crippen LogP contribution is 2.47. The van der Waals surface area contributed by atoms with Crippen LogP contribution in [0.4, 0.5) is 52.7 Å². The van der Waals surface area contributed by atoms with Crippen LogP contribution in [0.2, 0.25) is 0 Å². The Balaban J connectivity index is 1.24. The second kappa shape index (κ2) is 15.5. The van der Waals surface area contributed by atoms with Gasteiger partial charge in [0, 0.05) is 27.1 Å². The molecule has 0 atom stereocenters. The highest BCUT2D eigenvalue weighted by atomic mass is 19.4. The van der Waals surface area contributed by atoms with Crippen molar-refractivity contribution < 1.29 is 52.7 Å². The van der Waals surface area contributed by atoms with Gasteiger partial charge in [-0.2, -0.15) is 57.9 Å². The van der Waals surface area contributed by atoms with Gasteiger partial charge in [-0.3, -0.25) is 4.98 Å². The van der Waals surface area contributed by atoms with Gasteiger partial charge in [0.1, 0.15) is 0 Å². The molecule has 0 aliphatic rings. The summed E-state index contributed by atoms with van der Waals surface area (Å²) in [7, 11) is 0. The predicted octanol–water partition coefficient (Wildman–Crippen LogP) is 16.2. The summed E-state index contributed by atoms with van der Waals surface area (Å²) in [5.74, 6) is 0. The molecule has 3 aromatic heterocycles. The molecule has 0 saturated heterocycles. The summed E-state index contributed by atoms with van der Waals surface area (Å²) in [6, 6.07) is 34.6. The van der Waals surface area contributed by atoms with Crippen molar-refractivity contribution in [2.75, 3.05) is 0 Å². The monoisotopic (exact) mass is 934 g/mol. The average Bonchev–Trinajstić information content (AvgIpc) is 3.82. The third kappa shape index (κ3) is 7.34. The molecule has 16 heteroatoms. The van der Waals surface area contributed by atoms with Gasteiger partial charge in [0.05, 0.1) is 79.7 Å². The number of pyridine rings is 1. The number of halogens is 12. The number of hydrogen-bond acceptors (Lipinski definition) is 2. The summed E-state index contributed by atoms with van der Waals surface area (Å²) in [5.41, 5.74) is -2.60. The van der Waals surface area contributed by atoms with E-state index < -0.39 is 58.1 Å². The van der Waals surface area contributed by atoms with Crippen molar-refractivity contribution >= 4 is 43.6 Å². The molecule has 0 aliphatic heterocycles. The van der Waals surface area contributed by atoms with Crippen molar-refractivity contribution in [2.24, 2.45) is 0 Å². The molecular formula is C52H26F12N4. The zero-order chi connectivity index (χ0) is 48.1. The number of nitrogens with zero attached hydrogens (tertiary/aromatic N) is 4. The number of alkyl halides is 12. The van der Waals surface area contributed by atoms with Crippen LogP contribution in [0.3, 0.4) is 0 Å². The first-order valence-electron chi connectivity index (χ1n) is 20.4. The smallest absolute Gasteiger partial charge is 0.307 e. The number of benzene rings is 7. The second-order valence-corrected chi connectivity index (χ2v) is 15.9. The molecule has 0 unspecified atom stereocenters. The number of nitriles is 1. The lowest BCUT2D eigenvalue weighted by molar-refractivity contribution is -0.144. The van der Waals surface area contributed by atoms with Crippen molar-refractivity contribution in [3.63, 3.8) is 0 Å².